The van der Waals surface area contributed by atoms with E-state index in [4.69, 9.17) is 14.9 Å². The van der Waals surface area contributed by atoms with Gasteiger partial charge in [-0.3, -0.25) is 4.79 Å². The quantitative estimate of drug-likeness (QED) is 0.569. The fraction of sp³-hybridized carbons (Fsp3) is 0.350. The number of fused-ring (bicyclic) bond motifs is 1. The monoisotopic (exact) mass is 407 g/mol. The molecule has 3 rings (SSSR count). The third-order valence-corrected chi connectivity index (χ3v) is 4.39. The van der Waals surface area contributed by atoms with Crippen molar-refractivity contribution in [2.24, 2.45) is 5.73 Å². The number of aromatic nitrogens is 2. The number of nitrogens with two attached hydrogens (primary N) is 1. The number of rotatable bonds is 7. The maximum Gasteiger partial charge on any atom is 0.433 e. The third kappa shape index (κ3) is 4.24. The van der Waals surface area contributed by atoms with Gasteiger partial charge in [0.15, 0.2) is 6.29 Å². The number of hydrogen-bond acceptors (Lipinski definition) is 6. The Morgan fingerprint density at radius 2 is 2.00 bits per heavy atom. The summed E-state index contributed by atoms with van der Waals surface area (Å²) in [6, 6.07) is 5.33. The summed E-state index contributed by atoms with van der Waals surface area (Å²) >= 11 is 0. The fourth-order valence-corrected chi connectivity index (χ4v) is 3.03. The number of aldehydes is 1. The summed E-state index contributed by atoms with van der Waals surface area (Å²) in [5.74, 6) is 0.504. The van der Waals surface area contributed by atoms with Gasteiger partial charge in [-0.25, -0.2) is 9.97 Å². The van der Waals surface area contributed by atoms with Gasteiger partial charge >= 0.3 is 6.18 Å². The van der Waals surface area contributed by atoms with E-state index in [0.717, 1.165) is 18.9 Å². The Bertz CT molecular complexity index is 1030. The third-order valence-electron chi connectivity index (χ3n) is 4.39. The van der Waals surface area contributed by atoms with Crippen LogP contribution in [-0.2, 0) is 12.7 Å². The van der Waals surface area contributed by atoms with Crippen LogP contribution in [0.4, 0.5) is 13.2 Å². The van der Waals surface area contributed by atoms with Gasteiger partial charge in [-0.15, -0.1) is 0 Å². The minimum Gasteiger partial charge on any atom is -0.488 e. The highest BCUT2D eigenvalue weighted by Gasteiger charge is 2.33. The fourth-order valence-electron chi connectivity index (χ4n) is 3.03. The largest absolute Gasteiger partial charge is 0.488 e. The molecule has 0 aliphatic carbocycles. The van der Waals surface area contributed by atoms with Crippen LogP contribution >= 0.6 is 0 Å². The molecule has 0 saturated heterocycles. The average Bonchev–Trinajstić information content (AvgIpc) is 3.10. The molecule has 0 bridgehead atoms. The molecular weight excluding hydrogens is 387 g/mol. The van der Waals surface area contributed by atoms with Crippen molar-refractivity contribution in [1.29, 1.82) is 0 Å². The molecule has 0 aliphatic rings. The zero-order valence-corrected chi connectivity index (χ0v) is 15.9. The highest BCUT2D eigenvalue weighted by molar-refractivity contribution is 5.96. The predicted octanol–water partition coefficient (Wildman–Crippen LogP) is 4.75. The SMILES string of the molecule is CCCC(C)Oc1ccc(-c2nc(C=O)c(CN)o2)c2ccc(C(F)(F)F)nc12. The first-order valence-electron chi connectivity index (χ1n) is 9.11. The summed E-state index contributed by atoms with van der Waals surface area (Å²) in [4.78, 5) is 19.1. The second-order valence-corrected chi connectivity index (χ2v) is 6.57. The van der Waals surface area contributed by atoms with Gasteiger partial charge in [0.05, 0.1) is 12.6 Å². The molecule has 0 saturated carbocycles. The number of oxazole rings is 1. The van der Waals surface area contributed by atoms with Crippen LogP contribution in [0.25, 0.3) is 22.4 Å². The molecule has 2 heterocycles. The maximum atomic E-state index is 13.2. The number of alkyl halides is 3. The van der Waals surface area contributed by atoms with Gasteiger partial charge in [-0.2, -0.15) is 13.2 Å². The normalized spacial score (nSPS) is 12.9. The topological polar surface area (TPSA) is 91.2 Å². The molecule has 0 radical (unpaired) electrons. The van der Waals surface area contributed by atoms with Crippen LogP contribution in [0.3, 0.4) is 0 Å². The second kappa shape index (κ2) is 8.20. The van der Waals surface area contributed by atoms with Crippen LogP contribution in [0.2, 0.25) is 0 Å². The van der Waals surface area contributed by atoms with Gasteiger partial charge in [-0.1, -0.05) is 13.3 Å². The van der Waals surface area contributed by atoms with Crippen molar-refractivity contribution in [1.82, 2.24) is 9.97 Å². The molecule has 154 valence electrons. The molecule has 3 aromatic rings. The van der Waals surface area contributed by atoms with E-state index in [-0.39, 0.29) is 41.3 Å². The molecular formula is C20H20F3N3O3. The number of pyridine rings is 1. The van der Waals surface area contributed by atoms with Gasteiger partial charge in [0.25, 0.3) is 0 Å². The Balaban J connectivity index is 2.20. The van der Waals surface area contributed by atoms with Crippen LogP contribution < -0.4 is 10.5 Å². The Hall–Kier alpha value is -2.94. The first kappa shape index (κ1) is 20.8. The first-order valence-corrected chi connectivity index (χ1v) is 9.11. The van der Waals surface area contributed by atoms with Crippen molar-refractivity contribution in [3.8, 4) is 17.2 Å². The highest BCUT2D eigenvalue weighted by Crippen LogP contribution is 2.37. The Labute approximate surface area is 164 Å². The van der Waals surface area contributed by atoms with E-state index in [1.54, 1.807) is 6.07 Å². The lowest BCUT2D eigenvalue weighted by atomic mass is 10.1. The first-order chi connectivity index (χ1) is 13.8. The number of benzene rings is 1. The zero-order valence-electron chi connectivity index (χ0n) is 15.9. The summed E-state index contributed by atoms with van der Waals surface area (Å²) in [6.45, 7) is 3.79. The van der Waals surface area contributed by atoms with Gasteiger partial charge < -0.3 is 14.9 Å². The Morgan fingerprint density at radius 3 is 2.59 bits per heavy atom. The predicted molar refractivity (Wildman–Crippen MR) is 101 cm³/mol. The van der Waals surface area contributed by atoms with Crippen molar-refractivity contribution >= 4 is 17.2 Å². The zero-order chi connectivity index (χ0) is 21.2. The van der Waals surface area contributed by atoms with E-state index in [2.05, 4.69) is 9.97 Å². The minimum absolute atomic E-state index is 0.0365. The number of carbonyl (C=O) groups is 1. The molecule has 0 aliphatic heterocycles. The van der Waals surface area contributed by atoms with E-state index < -0.39 is 11.9 Å². The standard InChI is InChI=1S/C20H20F3N3O3/c1-3-4-11(2)28-15-7-5-13(19-25-14(10-27)16(9-24)29-19)12-6-8-17(20(21,22)23)26-18(12)15/h5-8,10-11H,3-4,9,24H2,1-2H3. The van der Waals surface area contributed by atoms with Crippen molar-refractivity contribution in [3.63, 3.8) is 0 Å². The van der Waals surface area contributed by atoms with Crippen molar-refractivity contribution < 1.29 is 27.1 Å². The molecule has 6 nitrogen and oxygen atoms in total. The number of ether oxygens (including phenoxy) is 1. The maximum absolute atomic E-state index is 13.2. The van der Waals surface area contributed by atoms with Gasteiger partial charge in [0.2, 0.25) is 5.89 Å². The van der Waals surface area contributed by atoms with Gasteiger partial charge in [-0.05, 0) is 37.6 Å². The molecule has 0 amide bonds. The van der Waals surface area contributed by atoms with E-state index in [9.17, 15) is 18.0 Å². The summed E-state index contributed by atoms with van der Waals surface area (Å²) in [5.41, 5.74) is 5.01. The lowest BCUT2D eigenvalue weighted by Crippen LogP contribution is -2.12. The molecule has 0 spiro atoms. The van der Waals surface area contributed by atoms with Crippen molar-refractivity contribution in [3.05, 3.63) is 41.4 Å². The molecule has 29 heavy (non-hydrogen) atoms. The second-order valence-electron chi connectivity index (χ2n) is 6.57. The molecule has 1 atom stereocenters. The lowest BCUT2D eigenvalue weighted by Gasteiger charge is -2.17. The molecule has 1 aromatic carbocycles. The number of carbonyl (C=O) groups excluding carboxylic acids is 1. The summed E-state index contributed by atoms with van der Waals surface area (Å²) < 4.78 is 51.0. The smallest absolute Gasteiger partial charge is 0.433 e. The Kier molecular flexibility index (Phi) is 5.88. The minimum atomic E-state index is -4.60. The van der Waals surface area contributed by atoms with E-state index in [1.807, 2.05) is 13.8 Å². The highest BCUT2D eigenvalue weighted by atomic mass is 19.4. The van der Waals surface area contributed by atoms with Crippen LogP contribution in [0.5, 0.6) is 5.75 Å². The van der Waals surface area contributed by atoms with Crippen LogP contribution in [0.1, 0.15) is 48.6 Å². The molecule has 9 heteroatoms. The number of halogens is 3. The van der Waals surface area contributed by atoms with Gasteiger partial charge in [0.1, 0.15) is 28.4 Å². The average molecular weight is 407 g/mol. The van der Waals surface area contributed by atoms with Gasteiger partial charge in [0, 0.05) is 10.9 Å². The van der Waals surface area contributed by atoms with Crippen molar-refractivity contribution in [2.45, 2.75) is 45.5 Å². The van der Waals surface area contributed by atoms with Crippen LogP contribution in [-0.4, -0.2) is 22.4 Å². The summed E-state index contributed by atoms with van der Waals surface area (Å²) in [7, 11) is 0. The number of hydrogen-bond donors (Lipinski definition) is 1. The Morgan fingerprint density at radius 1 is 1.24 bits per heavy atom. The van der Waals surface area contributed by atoms with E-state index in [1.165, 1.54) is 12.1 Å². The summed E-state index contributed by atoms with van der Waals surface area (Å²) in [5, 5.41) is 0.362. The summed E-state index contributed by atoms with van der Waals surface area (Å²) in [6.07, 6.45) is -2.68. The van der Waals surface area contributed by atoms with Crippen LogP contribution in [0.15, 0.2) is 28.7 Å². The molecule has 0 fully saturated rings. The van der Waals surface area contributed by atoms with Crippen molar-refractivity contribution in [2.75, 3.05) is 0 Å². The molecule has 1 unspecified atom stereocenters. The number of nitrogens with zero attached hydrogens (tertiary/aromatic N) is 2. The lowest BCUT2D eigenvalue weighted by molar-refractivity contribution is -0.140. The van der Waals surface area contributed by atoms with Crippen LogP contribution in [0, 0.1) is 0 Å². The van der Waals surface area contributed by atoms with E-state index >= 15 is 0 Å². The molecule has 2 N–H and O–H groups in total. The molecule has 2 aromatic heterocycles. The van der Waals surface area contributed by atoms with E-state index in [0.29, 0.717) is 17.2 Å².